The molecule has 242 valence electrons. The van der Waals surface area contributed by atoms with Gasteiger partial charge in [0.1, 0.15) is 0 Å². The van der Waals surface area contributed by atoms with Crippen molar-refractivity contribution >= 4 is 52.6 Å². The highest BCUT2D eigenvalue weighted by atomic mass is 35.5. The lowest BCUT2D eigenvalue weighted by Gasteiger charge is -2.50. The van der Waals surface area contributed by atoms with E-state index in [4.69, 9.17) is 23.2 Å². The topological polar surface area (TPSA) is 129 Å². The number of phenolic OH excluding ortho intramolecular Hbond substituents is 1. The number of hydrazine groups is 1. The molecule has 4 amide bonds. The molecule has 2 aliphatic carbocycles. The predicted octanol–water partition coefficient (Wildman–Crippen LogP) is 5.52. The van der Waals surface area contributed by atoms with Gasteiger partial charge in [-0.15, -0.1) is 0 Å². The summed E-state index contributed by atoms with van der Waals surface area (Å²) >= 11 is 12.3. The second-order valence-electron chi connectivity index (χ2n) is 11.9. The zero-order valence-electron chi connectivity index (χ0n) is 23.8. The van der Waals surface area contributed by atoms with Gasteiger partial charge in [0.15, 0.2) is 17.4 Å². The quantitative estimate of drug-likeness (QED) is 0.187. The van der Waals surface area contributed by atoms with E-state index < -0.39 is 92.8 Å². The molecule has 7 rings (SSSR count). The van der Waals surface area contributed by atoms with Crippen LogP contribution >= 0.6 is 23.2 Å². The third-order valence-electron chi connectivity index (χ3n) is 9.73. The number of carbonyl (C=O) groups excluding carboxylic acids is 4. The van der Waals surface area contributed by atoms with Crippen LogP contribution in [0.1, 0.15) is 35.4 Å². The fourth-order valence-corrected chi connectivity index (χ4v) is 8.14. The van der Waals surface area contributed by atoms with E-state index in [-0.39, 0.29) is 24.0 Å². The summed E-state index contributed by atoms with van der Waals surface area (Å²) in [7, 11) is 0. The summed E-state index contributed by atoms with van der Waals surface area (Å²) < 4.78 is 54.9. The van der Waals surface area contributed by atoms with Gasteiger partial charge in [-0.25, -0.2) is 9.37 Å². The van der Waals surface area contributed by atoms with Crippen molar-refractivity contribution in [2.45, 2.75) is 30.4 Å². The van der Waals surface area contributed by atoms with Gasteiger partial charge in [-0.3, -0.25) is 29.9 Å². The molecular weight excluding hydrogens is 667 g/mol. The number of hydrogen-bond donors (Lipinski definition) is 3. The summed E-state index contributed by atoms with van der Waals surface area (Å²) in [5.74, 6) is -9.90. The molecule has 0 radical (unpaired) electrons. The number of carbonyl (C=O) groups is 4. The molecule has 47 heavy (non-hydrogen) atoms. The minimum Gasteiger partial charge on any atom is -0.505 e. The molecule has 0 spiro atoms. The van der Waals surface area contributed by atoms with Gasteiger partial charge in [0, 0.05) is 22.7 Å². The zero-order chi connectivity index (χ0) is 33.6. The van der Waals surface area contributed by atoms with E-state index in [1.807, 2.05) is 0 Å². The number of imide groups is 2. The number of alkyl halides is 3. The fourth-order valence-electron chi connectivity index (χ4n) is 7.80. The molecule has 1 aromatic heterocycles. The smallest absolute Gasteiger partial charge is 0.417 e. The van der Waals surface area contributed by atoms with Crippen LogP contribution in [0.3, 0.4) is 0 Å². The Balaban J connectivity index is 1.45. The van der Waals surface area contributed by atoms with Crippen molar-refractivity contribution in [2.75, 3.05) is 5.43 Å². The van der Waals surface area contributed by atoms with Crippen molar-refractivity contribution in [1.82, 2.24) is 15.3 Å². The van der Waals surface area contributed by atoms with Crippen LogP contribution in [0.15, 0.2) is 66.4 Å². The third kappa shape index (κ3) is 4.54. The highest BCUT2D eigenvalue weighted by Gasteiger charge is 2.70. The fraction of sp³-hybridized carbons (Fsp3) is 0.281. The van der Waals surface area contributed by atoms with E-state index in [2.05, 4.69) is 15.7 Å². The number of pyridine rings is 1. The van der Waals surface area contributed by atoms with Crippen molar-refractivity contribution in [1.29, 1.82) is 0 Å². The number of aromatic hydroxyl groups is 1. The SMILES string of the molecule is O=C1NC(=O)C2C1CC=C1C2CC2C(=O)N(Nc3ncc(C(F)(F)F)cc3Cl)C(=O)C2(c2ccc(Cl)cc2)C1c1cccc(F)c1O. The molecule has 6 atom stereocenters. The summed E-state index contributed by atoms with van der Waals surface area (Å²) in [6, 6.07) is 10.4. The lowest BCUT2D eigenvalue weighted by Crippen LogP contribution is -2.53. The monoisotopic (exact) mass is 688 g/mol. The number of nitrogens with zero attached hydrogens (tertiary/aromatic N) is 2. The lowest BCUT2D eigenvalue weighted by atomic mass is 9.49. The average Bonchev–Trinajstić information content (AvgIpc) is 3.43. The Bertz CT molecular complexity index is 1920. The molecule has 3 fully saturated rings. The summed E-state index contributed by atoms with van der Waals surface area (Å²) in [6.45, 7) is 0. The number of benzene rings is 2. The van der Waals surface area contributed by atoms with Gasteiger partial charge in [0.2, 0.25) is 11.8 Å². The number of para-hydroxylation sites is 1. The molecule has 2 saturated heterocycles. The number of amides is 4. The first-order valence-electron chi connectivity index (χ1n) is 14.4. The maximum atomic E-state index is 15.0. The van der Waals surface area contributed by atoms with Gasteiger partial charge >= 0.3 is 6.18 Å². The number of fused-ring (bicyclic) bond motifs is 4. The Morgan fingerprint density at radius 3 is 2.43 bits per heavy atom. The van der Waals surface area contributed by atoms with Crippen LogP contribution < -0.4 is 10.7 Å². The van der Waals surface area contributed by atoms with Crippen molar-refractivity contribution in [3.63, 3.8) is 0 Å². The number of halogens is 6. The number of anilines is 1. The van der Waals surface area contributed by atoms with Crippen LogP contribution in [0, 0.1) is 29.5 Å². The average molecular weight is 689 g/mol. The molecule has 0 bridgehead atoms. The lowest BCUT2D eigenvalue weighted by molar-refractivity contribution is -0.139. The summed E-state index contributed by atoms with van der Waals surface area (Å²) in [5, 5.41) is 13.8. The zero-order valence-corrected chi connectivity index (χ0v) is 25.3. The minimum absolute atomic E-state index is 0.0437. The standard InChI is InChI=1S/C32H22Cl2F4N4O5/c33-15-6-4-13(5-7-15)31-20(29(46)42(30(31)47)41-26-21(34)10-14(12-39-26)32(36,37)38)11-19-16(8-9-17-23(19)28(45)40-27(17)44)24(31)18-2-1-3-22(35)25(18)43/h1-8,10,12,17,19-20,23-24,43H,9,11H2,(H,39,41)(H,40,44,45). The molecule has 1 saturated carbocycles. The summed E-state index contributed by atoms with van der Waals surface area (Å²) in [4.78, 5) is 58.9. The molecule has 2 aliphatic heterocycles. The Morgan fingerprint density at radius 2 is 1.74 bits per heavy atom. The molecule has 2 aromatic carbocycles. The first-order valence-corrected chi connectivity index (χ1v) is 15.2. The van der Waals surface area contributed by atoms with Gasteiger partial charge in [-0.2, -0.15) is 18.2 Å². The van der Waals surface area contributed by atoms with Gasteiger partial charge < -0.3 is 5.11 Å². The maximum absolute atomic E-state index is 15.0. The van der Waals surface area contributed by atoms with E-state index in [0.717, 1.165) is 6.07 Å². The van der Waals surface area contributed by atoms with Crippen LogP contribution in [0.2, 0.25) is 10.0 Å². The van der Waals surface area contributed by atoms with E-state index in [9.17, 15) is 37.5 Å². The highest BCUT2D eigenvalue weighted by Crippen LogP contribution is 2.64. The molecule has 3 heterocycles. The first-order chi connectivity index (χ1) is 22.2. The summed E-state index contributed by atoms with van der Waals surface area (Å²) in [5.41, 5.74) is 0.124. The predicted molar refractivity (Wildman–Crippen MR) is 158 cm³/mol. The number of rotatable bonds is 4. The second-order valence-corrected chi connectivity index (χ2v) is 12.8. The number of phenols is 1. The first kappa shape index (κ1) is 31.1. The second kappa shape index (κ2) is 10.8. The van der Waals surface area contributed by atoms with E-state index in [1.54, 1.807) is 6.08 Å². The molecule has 9 nitrogen and oxygen atoms in total. The van der Waals surface area contributed by atoms with Crippen molar-refractivity contribution in [3.05, 3.63) is 98.9 Å². The van der Waals surface area contributed by atoms with Crippen molar-refractivity contribution < 1.29 is 41.8 Å². The van der Waals surface area contributed by atoms with Gasteiger partial charge in [-0.1, -0.05) is 59.1 Å². The van der Waals surface area contributed by atoms with E-state index in [1.165, 1.54) is 36.4 Å². The Labute approximate surface area is 273 Å². The van der Waals surface area contributed by atoms with E-state index in [0.29, 0.717) is 27.9 Å². The maximum Gasteiger partial charge on any atom is 0.417 e. The number of nitrogens with one attached hydrogen (secondary N) is 2. The normalized spacial score (nSPS) is 28.4. The number of aromatic nitrogens is 1. The third-order valence-corrected chi connectivity index (χ3v) is 10.3. The summed E-state index contributed by atoms with van der Waals surface area (Å²) in [6.07, 6.45) is -2.58. The van der Waals surface area contributed by atoms with Gasteiger partial charge in [-0.05, 0) is 48.6 Å². The van der Waals surface area contributed by atoms with Crippen molar-refractivity contribution in [3.8, 4) is 5.75 Å². The molecular formula is C32H22Cl2F4N4O5. The van der Waals surface area contributed by atoms with Crippen LogP contribution in [-0.2, 0) is 30.8 Å². The minimum atomic E-state index is -4.77. The van der Waals surface area contributed by atoms with E-state index >= 15 is 4.39 Å². The van der Waals surface area contributed by atoms with Crippen LogP contribution in [0.5, 0.6) is 5.75 Å². The Morgan fingerprint density at radius 1 is 1.02 bits per heavy atom. The van der Waals surface area contributed by atoms with Crippen LogP contribution in [0.4, 0.5) is 23.4 Å². The Hall–Kier alpha value is -4.49. The van der Waals surface area contributed by atoms with Crippen LogP contribution in [-0.4, -0.2) is 38.7 Å². The largest absolute Gasteiger partial charge is 0.505 e. The van der Waals surface area contributed by atoms with Gasteiger partial charge in [0.25, 0.3) is 11.8 Å². The number of hydrogen-bond acceptors (Lipinski definition) is 7. The van der Waals surface area contributed by atoms with Gasteiger partial charge in [0.05, 0.1) is 33.8 Å². The van der Waals surface area contributed by atoms with Crippen molar-refractivity contribution in [2.24, 2.45) is 23.7 Å². The molecule has 15 heteroatoms. The van der Waals surface area contributed by atoms with Crippen LogP contribution in [0.25, 0.3) is 0 Å². The molecule has 6 unspecified atom stereocenters. The number of allylic oxidation sites excluding steroid dienone is 2. The molecule has 3 aromatic rings. The highest BCUT2D eigenvalue weighted by molar-refractivity contribution is 6.33. The molecule has 3 N–H and O–H groups in total. The Kier molecular flexibility index (Phi) is 7.14. The molecule has 4 aliphatic rings.